The highest BCUT2D eigenvalue weighted by Crippen LogP contribution is 2.24. The third kappa shape index (κ3) is 5.02. The Bertz CT molecular complexity index is 433. The van der Waals surface area contributed by atoms with Gasteiger partial charge in [0, 0.05) is 12.6 Å². The smallest absolute Gasteiger partial charge is 0.444 e. The second kappa shape index (κ2) is 6.29. The Morgan fingerprint density at radius 2 is 1.82 bits per heavy atom. The molecule has 10 heteroatoms. The van der Waals surface area contributed by atoms with E-state index >= 15 is 0 Å². The average Bonchev–Trinajstić information content (AvgIpc) is 2.69. The first-order valence-corrected chi connectivity index (χ1v) is 6.54. The zero-order valence-corrected chi connectivity index (χ0v) is 12.3. The van der Waals surface area contributed by atoms with Crippen molar-refractivity contribution in [3.05, 3.63) is 0 Å². The molecule has 0 spiro atoms. The summed E-state index contributed by atoms with van der Waals surface area (Å²) in [6.45, 7) is 4.47. The number of nitrogens with zero attached hydrogens (tertiary/aromatic N) is 1. The van der Waals surface area contributed by atoms with E-state index in [-0.39, 0.29) is 13.0 Å². The van der Waals surface area contributed by atoms with Crippen LogP contribution in [-0.4, -0.2) is 63.8 Å². The molecule has 0 aromatic carbocycles. The van der Waals surface area contributed by atoms with Gasteiger partial charge in [0.05, 0.1) is 6.04 Å². The molecule has 1 aliphatic heterocycles. The average molecular weight is 328 g/mol. The standard InChI is InChI=1S/C12H19F3N2O5/c1-11(2,3)22-10(21)17-5-6(4-7(17)8(18)19)16-9(20)12(13,14)15/h6-8,18-19H,4-5H2,1-3H3,(H,16,20)/t6-,7?/m0/s1. The van der Waals surface area contributed by atoms with Crippen molar-refractivity contribution in [1.82, 2.24) is 10.2 Å². The summed E-state index contributed by atoms with van der Waals surface area (Å²) in [5, 5.41) is 20.2. The van der Waals surface area contributed by atoms with Crippen LogP contribution in [0.1, 0.15) is 27.2 Å². The molecule has 1 heterocycles. The Morgan fingerprint density at radius 1 is 1.27 bits per heavy atom. The van der Waals surface area contributed by atoms with Gasteiger partial charge in [-0.15, -0.1) is 0 Å². The normalized spacial score (nSPS) is 22.9. The van der Waals surface area contributed by atoms with Crippen LogP contribution in [0, 0.1) is 0 Å². The van der Waals surface area contributed by atoms with E-state index in [1.165, 1.54) is 0 Å². The lowest BCUT2D eigenvalue weighted by atomic mass is 10.1. The molecule has 2 atom stereocenters. The van der Waals surface area contributed by atoms with Gasteiger partial charge in [0.2, 0.25) is 0 Å². The quantitative estimate of drug-likeness (QED) is 0.636. The third-order valence-corrected chi connectivity index (χ3v) is 2.91. The van der Waals surface area contributed by atoms with Crippen molar-refractivity contribution >= 4 is 12.0 Å². The Morgan fingerprint density at radius 3 is 2.23 bits per heavy atom. The number of rotatable bonds is 2. The maximum Gasteiger partial charge on any atom is 0.471 e. The van der Waals surface area contributed by atoms with E-state index in [1.54, 1.807) is 26.1 Å². The first-order chi connectivity index (χ1) is 9.81. The number of halogens is 3. The van der Waals surface area contributed by atoms with Crippen LogP contribution in [0.2, 0.25) is 0 Å². The van der Waals surface area contributed by atoms with E-state index in [9.17, 15) is 33.0 Å². The minimum Gasteiger partial charge on any atom is -0.444 e. The molecule has 0 radical (unpaired) electrons. The summed E-state index contributed by atoms with van der Waals surface area (Å²) in [6, 6.07) is -2.21. The first-order valence-electron chi connectivity index (χ1n) is 6.54. The van der Waals surface area contributed by atoms with Crippen LogP contribution in [-0.2, 0) is 9.53 Å². The molecule has 0 aromatic rings. The van der Waals surface area contributed by atoms with Crippen LogP contribution in [0.25, 0.3) is 0 Å². The lowest BCUT2D eigenvalue weighted by Crippen LogP contribution is -2.46. The highest BCUT2D eigenvalue weighted by molar-refractivity contribution is 5.82. The maximum atomic E-state index is 12.2. The summed E-state index contributed by atoms with van der Waals surface area (Å²) in [5.74, 6) is -2.14. The third-order valence-electron chi connectivity index (χ3n) is 2.91. The van der Waals surface area contributed by atoms with Crippen molar-refractivity contribution in [1.29, 1.82) is 0 Å². The highest BCUT2D eigenvalue weighted by atomic mass is 19.4. The number of nitrogens with one attached hydrogen (secondary N) is 1. The van der Waals surface area contributed by atoms with Crippen LogP contribution >= 0.6 is 0 Å². The summed E-state index contributed by atoms with van der Waals surface area (Å²) in [4.78, 5) is 23.8. The Hall–Kier alpha value is -1.55. The minimum atomic E-state index is -5.05. The minimum absolute atomic E-state index is 0.223. The van der Waals surface area contributed by atoms with Crippen molar-refractivity contribution in [2.75, 3.05) is 6.54 Å². The fraction of sp³-hybridized carbons (Fsp3) is 0.833. The van der Waals surface area contributed by atoms with Gasteiger partial charge in [-0.2, -0.15) is 13.2 Å². The number of alkyl halides is 3. The van der Waals surface area contributed by atoms with Gasteiger partial charge >= 0.3 is 18.2 Å². The fourth-order valence-electron chi connectivity index (χ4n) is 2.05. The number of hydrogen-bond acceptors (Lipinski definition) is 5. The number of likely N-dealkylation sites (tertiary alicyclic amines) is 1. The molecule has 3 N–H and O–H groups in total. The van der Waals surface area contributed by atoms with Gasteiger partial charge in [0.1, 0.15) is 5.60 Å². The molecule has 1 fully saturated rings. The van der Waals surface area contributed by atoms with Crippen molar-refractivity contribution in [2.45, 2.75) is 57.3 Å². The van der Waals surface area contributed by atoms with E-state index in [2.05, 4.69) is 0 Å². The Kier molecular flexibility index (Phi) is 5.29. The molecular formula is C12H19F3N2O5. The number of aliphatic hydroxyl groups is 2. The van der Waals surface area contributed by atoms with Crippen LogP contribution in [0.15, 0.2) is 0 Å². The summed E-state index contributed by atoms with van der Waals surface area (Å²) in [7, 11) is 0. The number of amides is 2. The summed E-state index contributed by atoms with van der Waals surface area (Å²) in [5.41, 5.74) is -0.852. The van der Waals surface area contributed by atoms with Crippen LogP contribution in [0.4, 0.5) is 18.0 Å². The first kappa shape index (κ1) is 18.5. The molecular weight excluding hydrogens is 309 g/mol. The predicted molar refractivity (Wildman–Crippen MR) is 67.6 cm³/mol. The van der Waals surface area contributed by atoms with Crippen molar-refractivity contribution in [3.8, 4) is 0 Å². The molecule has 0 bridgehead atoms. The lowest BCUT2D eigenvalue weighted by Gasteiger charge is -2.29. The zero-order chi connectivity index (χ0) is 17.3. The monoisotopic (exact) mass is 328 g/mol. The van der Waals surface area contributed by atoms with E-state index in [0.717, 1.165) is 4.90 Å². The van der Waals surface area contributed by atoms with E-state index in [0.29, 0.717) is 0 Å². The molecule has 0 saturated carbocycles. The van der Waals surface area contributed by atoms with Crippen LogP contribution in [0.5, 0.6) is 0 Å². The van der Waals surface area contributed by atoms with Crippen LogP contribution < -0.4 is 5.32 Å². The SMILES string of the molecule is CC(C)(C)OC(=O)N1C[C@@H](NC(=O)C(F)(F)F)CC1C(O)O. The van der Waals surface area contributed by atoms with Crippen molar-refractivity contribution in [3.63, 3.8) is 0 Å². The molecule has 128 valence electrons. The molecule has 0 aromatic heterocycles. The molecule has 22 heavy (non-hydrogen) atoms. The van der Waals surface area contributed by atoms with E-state index in [4.69, 9.17) is 4.74 Å². The topological polar surface area (TPSA) is 99.1 Å². The Labute approximate surface area is 125 Å². The number of carbonyl (C=O) groups excluding carboxylic acids is 2. The fourth-order valence-corrected chi connectivity index (χ4v) is 2.05. The van der Waals surface area contributed by atoms with Gasteiger partial charge in [0.15, 0.2) is 6.29 Å². The molecule has 2 amide bonds. The van der Waals surface area contributed by atoms with Gasteiger partial charge in [-0.3, -0.25) is 9.69 Å². The summed E-state index contributed by atoms with van der Waals surface area (Å²) < 4.78 is 41.7. The molecule has 1 rings (SSSR count). The van der Waals surface area contributed by atoms with Gasteiger partial charge in [0.25, 0.3) is 0 Å². The molecule has 7 nitrogen and oxygen atoms in total. The number of aliphatic hydroxyl groups excluding tert-OH is 1. The van der Waals surface area contributed by atoms with Gasteiger partial charge in [-0.1, -0.05) is 0 Å². The van der Waals surface area contributed by atoms with Gasteiger partial charge < -0.3 is 20.3 Å². The summed E-state index contributed by atoms with van der Waals surface area (Å²) in [6.07, 6.45) is -8.12. The van der Waals surface area contributed by atoms with Crippen molar-refractivity contribution < 1.29 is 37.7 Å². The van der Waals surface area contributed by atoms with Gasteiger partial charge in [-0.25, -0.2) is 4.79 Å². The molecule has 0 aliphatic carbocycles. The van der Waals surface area contributed by atoms with E-state index in [1.807, 2.05) is 0 Å². The largest absolute Gasteiger partial charge is 0.471 e. The highest BCUT2D eigenvalue weighted by Gasteiger charge is 2.45. The zero-order valence-electron chi connectivity index (χ0n) is 12.3. The molecule has 1 saturated heterocycles. The maximum absolute atomic E-state index is 12.2. The second-order valence-electron chi connectivity index (χ2n) is 6.02. The predicted octanol–water partition coefficient (Wildman–Crippen LogP) is 0.354. The number of ether oxygens (including phenoxy) is 1. The van der Waals surface area contributed by atoms with E-state index < -0.39 is 42.2 Å². The second-order valence-corrected chi connectivity index (χ2v) is 6.02. The lowest BCUT2D eigenvalue weighted by molar-refractivity contribution is -0.174. The molecule has 1 unspecified atom stereocenters. The number of hydrogen-bond donors (Lipinski definition) is 3. The Balaban J connectivity index is 2.77. The van der Waals surface area contributed by atoms with Crippen LogP contribution in [0.3, 0.4) is 0 Å². The van der Waals surface area contributed by atoms with Crippen molar-refractivity contribution in [2.24, 2.45) is 0 Å². The van der Waals surface area contributed by atoms with Gasteiger partial charge in [-0.05, 0) is 27.2 Å². The number of carbonyl (C=O) groups is 2. The summed E-state index contributed by atoms with van der Waals surface area (Å²) >= 11 is 0. The molecule has 1 aliphatic rings.